The van der Waals surface area contributed by atoms with Crippen LogP contribution >= 0.6 is 0 Å². The van der Waals surface area contributed by atoms with Gasteiger partial charge in [-0.05, 0) is 39.3 Å². The number of carbonyl (C=O) groups excluding carboxylic acids is 3. The summed E-state index contributed by atoms with van der Waals surface area (Å²) in [5.41, 5.74) is 1.24. The van der Waals surface area contributed by atoms with Crippen LogP contribution in [0.4, 0.5) is 4.79 Å². The van der Waals surface area contributed by atoms with Crippen LogP contribution in [-0.4, -0.2) is 42.8 Å². The van der Waals surface area contributed by atoms with Crippen molar-refractivity contribution in [1.29, 1.82) is 0 Å². The van der Waals surface area contributed by atoms with Crippen LogP contribution in [0.15, 0.2) is 48.5 Å². The quantitative estimate of drug-likeness (QED) is 0.597. The third-order valence-corrected chi connectivity index (χ3v) is 5.17. The highest BCUT2D eigenvalue weighted by molar-refractivity contribution is 5.99. The molecule has 0 saturated heterocycles. The van der Waals surface area contributed by atoms with E-state index in [1.165, 1.54) is 0 Å². The highest BCUT2D eigenvalue weighted by atomic mass is 16.6. The molecule has 2 N–H and O–H groups in total. The maximum absolute atomic E-state index is 13.2. The third-order valence-electron chi connectivity index (χ3n) is 5.17. The molecule has 8 nitrogen and oxygen atoms in total. The van der Waals surface area contributed by atoms with Crippen LogP contribution in [0.2, 0.25) is 0 Å². The van der Waals surface area contributed by atoms with Gasteiger partial charge in [0.1, 0.15) is 17.4 Å². The molecule has 2 atom stereocenters. The molecule has 2 aromatic rings. The number of para-hydroxylation sites is 1. The second-order valence-corrected chi connectivity index (χ2v) is 9.03. The van der Waals surface area contributed by atoms with E-state index in [-0.39, 0.29) is 18.2 Å². The van der Waals surface area contributed by atoms with Gasteiger partial charge in [-0.1, -0.05) is 42.5 Å². The number of ether oxygens (including phenoxy) is 3. The normalized spacial score (nSPS) is 15.8. The monoisotopic (exact) mass is 468 g/mol. The van der Waals surface area contributed by atoms with Crippen molar-refractivity contribution in [2.24, 2.45) is 0 Å². The zero-order valence-electron chi connectivity index (χ0n) is 20.1. The Bertz CT molecular complexity index is 1020. The molecule has 2 aromatic carbocycles. The van der Waals surface area contributed by atoms with E-state index in [9.17, 15) is 14.4 Å². The number of hydrogen-bond donors (Lipinski definition) is 2. The predicted octanol–water partition coefficient (Wildman–Crippen LogP) is 3.94. The van der Waals surface area contributed by atoms with Gasteiger partial charge in [0.15, 0.2) is 0 Å². The number of rotatable bonds is 7. The minimum Gasteiger partial charge on any atom is -0.492 e. The average Bonchev–Trinajstić information content (AvgIpc) is 2.78. The molecule has 2 amide bonds. The zero-order valence-corrected chi connectivity index (χ0v) is 20.1. The summed E-state index contributed by atoms with van der Waals surface area (Å²) in [4.78, 5) is 38.1. The highest BCUT2D eigenvalue weighted by Gasteiger charge is 2.30. The van der Waals surface area contributed by atoms with Gasteiger partial charge in [-0.15, -0.1) is 0 Å². The fourth-order valence-corrected chi connectivity index (χ4v) is 3.73. The van der Waals surface area contributed by atoms with Gasteiger partial charge in [0, 0.05) is 18.4 Å². The summed E-state index contributed by atoms with van der Waals surface area (Å²) in [6, 6.07) is 13.4. The van der Waals surface area contributed by atoms with Gasteiger partial charge < -0.3 is 24.8 Å². The number of nitrogens with one attached hydrogen (secondary N) is 2. The van der Waals surface area contributed by atoms with E-state index in [0.717, 1.165) is 5.56 Å². The Morgan fingerprint density at radius 2 is 1.82 bits per heavy atom. The molecule has 0 aliphatic carbocycles. The Morgan fingerprint density at radius 3 is 2.50 bits per heavy atom. The van der Waals surface area contributed by atoms with E-state index in [1.54, 1.807) is 45.9 Å². The minimum absolute atomic E-state index is 0.210. The van der Waals surface area contributed by atoms with E-state index in [2.05, 4.69) is 10.6 Å². The topological polar surface area (TPSA) is 103 Å². The van der Waals surface area contributed by atoms with Gasteiger partial charge in [0.25, 0.3) is 5.91 Å². The van der Waals surface area contributed by atoms with Gasteiger partial charge in [0.2, 0.25) is 0 Å². The lowest BCUT2D eigenvalue weighted by atomic mass is 9.97. The number of amides is 2. The molecular weight excluding hydrogens is 436 g/mol. The number of hydrogen-bond acceptors (Lipinski definition) is 6. The van der Waals surface area contributed by atoms with Crippen molar-refractivity contribution in [2.75, 3.05) is 13.2 Å². The van der Waals surface area contributed by atoms with E-state index in [1.807, 2.05) is 30.3 Å². The molecule has 1 heterocycles. The predicted molar refractivity (Wildman–Crippen MR) is 127 cm³/mol. The second-order valence-electron chi connectivity index (χ2n) is 9.03. The van der Waals surface area contributed by atoms with E-state index >= 15 is 0 Å². The first kappa shape index (κ1) is 25.1. The average molecular weight is 469 g/mol. The fourth-order valence-electron chi connectivity index (χ4n) is 3.73. The van der Waals surface area contributed by atoms with Gasteiger partial charge in [-0.25, -0.2) is 9.59 Å². The summed E-state index contributed by atoms with van der Waals surface area (Å²) < 4.78 is 16.4. The maximum Gasteiger partial charge on any atom is 0.408 e. The van der Waals surface area contributed by atoms with Crippen molar-refractivity contribution >= 4 is 18.0 Å². The van der Waals surface area contributed by atoms with Crippen molar-refractivity contribution in [3.05, 3.63) is 65.2 Å². The standard InChI is InChI=1S/C26H32N2O6/c1-5-32-24(30)21(16-17-10-7-6-8-11-17)27-23(29)19-13-9-12-18-20(14-15-33-22(18)19)28-25(31)34-26(2,3)4/h6-13,20-21H,5,14-16H2,1-4H3,(H,27,29)(H,28,31)/t20-,21-/m0/s1. The van der Waals surface area contributed by atoms with Crippen LogP contribution in [-0.2, 0) is 20.7 Å². The highest BCUT2D eigenvalue weighted by Crippen LogP contribution is 2.35. The Morgan fingerprint density at radius 1 is 1.09 bits per heavy atom. The SMILES string of the molecule is CCOC(=O)[C@H](Cc1ccccc1)NC(=O)c1cccc2c1OCC[C@@H]2NC(=O)OC(C)(C)C. The van der Waals surface area contributed by atoms with Gasteiger partial charge in [-0.2, -0.15) is 0 Å². The van der Waals surface area contributed by atoms with Crippen LogP contribution in [0.5, 0.6) is 5.75 Å². The molecule has 0 aromatic heterocycles. The largest absolute Gasteiger partial charge is 0.492 e. The first-order chi connectivity index (χ1) is 16.2. The number of alkyl carbamates (subject to hydrolysis) is 1. The van der Waals surface area contributed by atoms with Crippen molar-refractivity contribution in [3.63, 3.8) is 0 Å². The molecule has 0 spiro atoms. The second kappa shape index (κ2) is 11.0. The van der Waals surface area contributed by atoms with Gasteiger partial charge in [-0.3, -0.25) is 4.79 Å². The summed E-state index contributed by atoms with van der Waals surface area (Å²) in [7, 11) is 0. The van der Waals surface area contributed by atoms with Gasteiger partial charge >= 0.3 is 12.1 Å². The van der Waals surface area contributed by atoms with Gasteiger partial charge in [0.05, 0.1) is 24.8 Å². The molecule has 182 valence electrons. The molecule has 34 heavy (non-hydrogen) atoms. The Balaban J connectivity index is 1.80. The number of benzene rings is 2. The lowest BCUT2D eigenvalue weighted by Gasteiger charge is -2.29. The van der Waals surface area contributed by atoms with Crippen LogP contribution in [0.1, 0.15) is 61.6 Å². The maximum atomic E-state index is 13.2. The molecule has 0 unspecified atom stereocenters. The minimum atomic E-state index is -0.856. The fraction of sp³-hybridized carbons (Fsp3) is 0.423. The third kappa shape index (κ3) is 6.73. The number of fused-ring (bicyclic) bond motifs is 1. The summed E-state index contributed by atoms with van der Waals surface area (Å²) in [5, 5.41) is 5.66. The Labute approximate surface area is 200 Å². The number of carbonyl (C=O) groups is 3. The van der Waals surface area contributed by atoms with Crippen molar-refractivity contribution < 1.29 is 28.6 Å². The summed E-state index contributed by atoms with van der Waals surface area (Å²) in [5.74, 6) is -0.576. The Hall–Kier alpha value is -3.55. The molecule has 1 aliphatic rings. The molecule has 0 saturated carbocycles. The molecule has 0 bridgehead atoms. The van der Waals surface area contributed by atoms with Crippen LogP contribution in [0.3, 0.4) is 0 Å². The van der Waals surface area contributed by atoms with Crippen molar-refractivity contribution in [3.8, 4) is 5.75 Å². The van der Waals surface area contributed by atoms with E-state index < -0.39 is 29.6 Å². The molecule has 8 heteroatoms. The molecule has 3 rings (SSSR count). The molecule has 0 radical (unpaired) electrons. The van der Waals surface area contributed by atoms with E-state index in [0.29, 0.717) is 30.8 Å². The van der Waals surface area contributed by atoms with Crippen LogP contribution in [0, 0.1) is 0 Å². The smallest absolute Gasteiger partial charge is 0.408 e. The summed E-state index contributed by atoms with van der Waals surface area (Å²) in [6.45, 7) is 7.64. The first-order valence-electron chi connectivity index (χ1n) is 11.4. The number of esters is 1. The molecule has 0 fully saturated rings. The van der Waals surface area contributed by atoms with E-state index in [4.69, 9.17) is 14.2 Å². The summed E-state index contributed by atoms with van der Waals surface area (Å²) >= 11 is 0. The van der Waals surface area contributed by atoms with Crippen molar-refractivity contribution in [1.82, 2.24) is 10.6 Å². The van der Waals surface area contributed by atoms with Crippen molar-refractivity contribution in [2.45, 2.75) is 58.2 Å². The first-order valence-corrected chi connectivity index (χ1v) is 11.4. The zero-order chi connectivity index (χ0) is 24.7. The lowest BCUT2D eigenvalue weighted by Crippen LogP contribution is -2.43. The molecular formula is C26H32N2O6. The van der Waals surface area contributed by atoms with Crippen LogP contribution in [0.25, 0.3) is 0 Å². The Kier molecular flexibility index (Phi) is 8.15. The lowest BCUT2D eigenvalue weighted by molar-refractivity contribution is -0.145. The molecule has 1 aliphatic heterocycles. The summed E-state index contributed by atoms with van der Waals surface area (Å²) in [6.07, 6.45) is 0.298. The van der Waals surface area contributed by atoms with Crippen LogP contribution < -0.4 is 15.4 Å².